The van der Waals surface area contributed by atoms with Gasteiger partial charge < -0.3 is 14.5 Å². The molecule has 0 saturated carbocycles. The van der Waals surface area contributed by atoms with Crippen LogP contribution in [0, 0.1) is 25.7 Å². The van der Waals surface area contributed by atoms with E-state index in [-0.39, 0.29) is 17.9 Å². The van der Waals surface area contributed by atoms with Crippen molar-refractivity contribution in [1.29, 1.82) is 0 Å². The monoisotopic (exact) mass is 280 g/mol. The third-order valence-corrected chi connectivity index (χ3v) is 3.85. The number of amides is 1. The zero-order valence-electron chi connectivity index (χ0n) is 12.7. The fourth-order valence-electron chi connectivity index (χ4n) is 2.65. The second-order valence-electron chi connectivity index (χ2n) is 5.80. The average Bonchev–Trinajstić information content (AvgIpc) is 2.75. The van der Waals surface area contributed by atoms with E-state index in [0.29, 0.717) is 18.4 Å². The van der Waals surface area contributed by atoms with Gasteiger partial charge in [-0.2, -0.15) is 0 Å². The smallest absolute Gasteiger partial charge is 0.226 e. The normalized spacial score (nSPS) is 23.1. The van der Waals surface area contributed by atoms with Gasteiger partial charge in [-0.1, -0.05) is 13.8 Å². The molecule has 1 aliphatic heterocycles. The summed E-state index contributed by atoms with van der Waals surface area (Å²) in [5.74, 6) is 1.68. The fourth-order valence-corrected chi connectivity index (χ4v) is 2.65. The number of carbonyl (C=O) groups is 1. The minimum absolute atomic E-state index is 0.0109. The molecule has 5 nitrogen and oxygen atoms in total. The first-order valence-electron chi connectivity index (χ1n) is 7.31. The van der Waals surface area contributed by atoms with Crippen LogP contribution in [0.25, 0.3) is 0 Å². The van der Waals surface area contributed by atoms with Gasteiger partial charge in [0.15, 0.2) is 0 Å². The number of oxazole rings is 1. The lowest BCUT2D eigenvalue weighted by molar-refractivity contribution is -0.137. The number of rotatable bonds is 4. The molecule has 2 heterocycles. The van der Waals surface area contributed by atoms with Crippen LogP contribution in [0.15, 0.2) is 4.42 Å². The molecule has 1 aliphatic rings. The molecule has 1 N–H and O–H groups in total. The van der Waals surface area contributed by atoms with Crippen molar-refractivity contribution >= 4 is 5.91 Å². The Bertz CT molecular complexity index is 448. The van der Waals surface area contributed by atoms with Crippen molar-refractivity contribution in [3.63, 3.8) is 0 Å². The first kappa shape index (κ1) is 15.0. The molecule has 0 unspecified atom stereocenters. The number of nitrogens with one attached hydrogen (secondary N) is 1. The van der Waals surface area contributed by atoms with E-state index in [0.717, 1.165) is 30.9 Å². The van der Waals surface area contributed by atoms with Gasteiger partial charge in [-0.25, -0.2) is 4.98 Å². The number of aryl methyl sites for hydroxylation is 2. The molecular formula is C15H24N2O3. The van der Waals surface area contributed by atoms with Crippen molar-refractivity contribution in [2.24, 2.45) is 11.8 Å². The zero-order chi connectivity index (χ0) is 14.7. The molecule has 2 atom stereocenters. The summed E-state index contributed by atoms with van der Waals surface area (Å²) < 4.78 is 11.2. The third-order valence-electron chi connectivity index (χ3n) is 3.85. The van der Waals surface area contributed by atoms with E-state index in [1.165, 1.54) is 0 Å². The molecule has 2 rings (SSSR count). The molecule has 0 spiro atoms. The largest absolute Gasteiger partial charge is 0.444 e. The molecule has 0 aromatic carbocycles. The first-order chi connectivity index (χ1) is 9.49. The third kappa shape index (κ3) is 3.39. The van der Waals surface area contributed by atoms with Gasteiger partial charge in [0.2, 0.25) is 11.8 Å². The van der Waals surface area contributed by atoms with E-state index in [1.54, 1.807) is 0 Å². The number of ether oxygens (including phenoxy) is 1. The van der Waals surface area contributed by atoms with Crippen LogP contribution in [0.5, 0.6) is 0 Å². The van der Waals surface area contributed by atoms with E-state index in [1.807, 2.05) is 13.8 Å². The fraction of sp³-hybridized carbons (Fsp3) is 0.733. The Morgan fingerprint density at radius 1 is 1.45 bits per heavy atom. The van der Waals surface area contributed by atoms with Crippen molar-refractivity contribution in [1.82, 2.24) is 10.3 Å². The topological polar surface area (TPSA) is 64.4 Å². The standard InChI is InChI=1S/C15H24N2O3/c1-9(2)14-12(6-5-7-19-14)15(18)16-8-13-17-10(3)11(4)20-13/h9,12,14H,5-8H2,1-4H3,(H,16,18)/t12-,14+/m1/s1. The number of carbonyl (C=O) groups excluding carboxylic acids is 1. The van der Waals surface area contributed by atoms with Crippen LogP contribution < -0.4 is 5.32 Å². The van der Waals surface area contributed by atoms with Crippen LogP contribution >= 0.6 is 0 Å². The Morgan fingerprint density at radius 2 is 2.20 bits per heavy atom. The highest BCUT2D eigenvalue weighted by Gasteiger charge is 2.33. The second-order valence-corrected chi connectivity index (χ2v) is 5.80. The molecule has 0 radical (unpaired) electrons. The molecule has 0 bridgehead atoms. The highest BCUT2D eigenvalue weighted by atomic mass is 16.5. The van der Waals surface area contributed by atoms with Gasteiger partial charge in [0.05, 0.1) is 24.3 Å². The van der Waals surface area contributed by atoms with Gasteiger partial charge in [-0.05, 0) is 32.6 Å². The summed E-state index contributed by atoms with van der Waals surface area (Å²) in [7, 11) is 0. The molecular weight excluding hydrogens is 256 g/mol. The summed E-state index contributed by atoms with van der Waals surface area (Å²) in [4.78, 5) is 16.6. The lowest BCUT2D eigenvalue weighted by Crippen LogP contribution is -2.43. The number of hydrogen-bond donors (Lipinski definition) is 1. The highest BCUT2D eigenvalue weighted by molar-refractivity contribution is 5.79. The number of nitrogens with zero attached hydrogens (tertiary/aromatic N) is 1. The van der Waals surface area contributed by atoms with Gasteiger partial charge >= 0.3 is 0 Å². The van der Waals surface area contributed by atoms with Crippen LogP contribution in [0.1, 0.15) is 44.0 Å². The van der Waals surface area contributed by atoms with E-state index in [9.17, 15) is 4.79 Å². The number of aromatic nitrogens is 1. The van der Waals surface area contributed by atoms with E-state index < -0.39 is 0 Å². The maximum absolute atomic E-state index is 12.3. The van der Waals surface area contributed by atoms with Gasteiger partial charge in [-0.15, -0.1) is 0 Å². The molecule has 1 aromatic rings. The van der Waals surface area contributed by atoms with Gasteiger partial charge in [0.25, 0.3) is 0 Å². The summed E-state index contributed by atoms with van der Waals surface area (Å²) >= 11 is 0. The molecule has 0 aliphatic carbocycles. The molecule has 1 amide bonds. The summed E-state index contributed by atoms with van der Waals surface area (Å²) in [5, 5.41) is 2.92. The Hall–Kier alpha value is -1.36. The maximum atomic E-state index is 12.3. The van der Waals surface area contributed by atoms with Crippen LogP contribution in [0.2, 0.25) is 0 Å². The van der Waals surface area contributed by atoms with E-state index >= 15 is 0 Å². The predicted octanol–water partition coefficient (Wildman–Crippen LogP) is 2.36. The Morgan fingerprint density at radius 3 is 2.80 bits per heavy atom. The molecule has 112 valence electrons. The summed E-state index contributed by atoms with van der Waals surface area (Å²) in [6.07, 6.45) is 1.84. The average molecular weight is 280 g/mol. The van der Waals surface area contributed by atoms with Gasteiger partial charge in [-0.3, -0.25) is 4.79 Å². The van der Waals surface area contributed by atoms with E-state index in [4.69, 9.17) is 9.15 Å². The minimum atomic E-state index is -0.0686. The summed E-state index contributed by atoms with van der Waals surface area (Å²) in [5.41, 5.74) is 0.871. The van der Waals surface area contributed by atoms with E-state index in [2.05, 4.69) is 24.1 Å². The molecule has 5 heteroatoms. The van der Waals surface area contributed by atoms with Crippen LogP contribution in [0.3, 0.4) is 0 Å². The van der Waals surface area contributed by atoms with Gasteiger partial charge in [0.1, 0.15) is 5.76 Å². The second kappa shape index (κ2) is 6.39. The van der Waals surface area contributed by atoms with Crippen LogP contribution in [-0.2, 0) is 16.1 Å². The van der Waals surface area contributed by atoms with Crippen molar-refractivity contribution in [2.75, 3.05) is 6.61 Å². The summed E-state index contributed by atoms with van der Waals surface area (Å²) in [6, 6.07) is 0. The molecule has 1 fully saturated rings. The zero-order valence-corrected chi connectivity index (χ0v) is 12.7. The van der Waals surface area contributed by atoms with Crippen LogP contribution in [0.4, 0.5) is 0 Å². The highest BCUT2D eigenvalue weighted by Crippen LogP contribution is 2.26. The van der Waals surface area contributed by atoms with Crippen LogP contribution in [-0.4, -0.2) is 23.6 Å². The Labute approximate surface area is 120 Å². The lowest BCUT2D eigenvalue weighted by atomic mass is 9.87. The summed E-state index contributed by atoms with van der Waals surface area (Å²) in [6.45, 7) is 9.05. The van der Waals surface area contributed by atoms with Crippen molar-refractivity contribution < 1.29 is 13.9 Å². The van der Waals surface area contributed by atoms with Crippen molar-refractivity contribution in [3.8, 4) is 0 Å². The maximum Gasteiger partial charge on any atom is 0.226 e. The van der Waals surface area contributed by atoms with Crippen molar-refractivity contribution in [3.05, 3.63) is 17.3 Å². The predicted molar refractivity (Wildman–Crippen MR) is 75.1 cm³/mol. The Kier molecular flexibility index (Phi) is 4.81. The minimum Gasteiger partial charge on any atom is -0.444 e. The van der Waals surface area contributed by atoms with Gasteiger partial charge in [0, 0.05) is 6.61 Å². The SMILES string of the molecule is Cc1nc(CNC(=O)[C@@H]2CCCO[C@H]2C(C)C)oc1C. The lowest BCUT2D eigenvalue weighted by Gasteiger charge is -2.33. The first-order valence-corrected chi connectivity index (χ1v) is 7.31. The quantitative estimate of drug-likeness (QED) is 0.919. The van der Waals surface area contributed by atoms with Crippen molar-refractivity contribution in [2.45, 2.75) is 53.2 Å². The molecule has 1 saturated heterocycles. The number of hydrogen-bond acceptors (Lipinski definition) is 4. The molecule has 1 aromatic heterocycles. The Balaban J connectivity index is 1.93. The molecule has 20 heavy (non-hydrogen) atoms.